The second-order valence-corrected chi connectivity index (χ2v) is 9.53. The number of carboxylic acids is 1. The van der Waals surface area contributed by atoms with Crippen LogP contribution >= 0.6 is 34.5 Å². The highest BCUT2D eigenvalue weighted by Crippen LogP contribution is 2.34. The number of carbonyl (C=O) groups excluding carboxylic acids is 1. The monoisotopic (exact) mass is 536 g/mol. The Hall–Kier alpha value is -2.99. The normalized spacial score (nSPS) is 17.9. The fourth-order valence-electron chi connectivity index (χ4n) is 3.77. The van der Waals surface area contributed by atoms with Crippen molar-refractivity contribution in [3.05, 3.63) is 57.6 Å². The smallest absolute Gasteiger partial charge is 0.348 e. The predicted octanol–water partition coefficient (Wildman–Crippen LogP) is 3.82. The molecule has 1 aliphatic rings. The Morgan fingerprint density at radius 1 is 1.40 bits per heavy atom. The number of carboxylic acid groups (broad SMARTS) is 1. The number of ether oxygens (including phenoxy) is 1. The first-order chi connectivity index (χ1) is 16.8. The maximum absolute atomic E-state index is 12.9. The molecule has 2 atom stereocenters. The van der Waals surface area contributed by atoms with Crippen LogP contribution in [0.15, 0.2) is 31.2 Å². The molecular weight excluding hydrogens is 515 g/mol. The Bertz CT molecular complexity index is 1250. The van der Waals surface area contributed by atoms with Crippen molar-refractivity contribution in [1.82, 2.24) is 25.3 Å². The Labute approximate surface area is 215 Å². The molecule has 0 aromatic carbocycles. The first-order valence-corrected chi connectivity index (χ1v) is 12.2. The fraction of sp³-hybridized carbons (Fsp3) is 0.318. The molecule has 3 aromatic rings. The number of aromatic carboxylic acids is 1. The fourth-order valence-corrected chi connectivity index (χ4v) is 5.13. The Balaban J connectivity index is 1.55. The summed E-state index contributed by atoms with van der Waals surface area (Å²) in [5.41, 5.74) is 1.44. The van der Waals surface area contributed by atoms with E-state index in [9.17, 15) is 14.7 Å². The van der Waals surface area contributed by atoms with Gasteiger partial charge in [0.25, 0.3) is 5.91 Å². The number of halogens is 2. The van der Waals surface area contributed by atoms with Gasteiger partial charge in [-0.3, -0.25) is 14.8 Å². The SMILES string of the molecule is C=CCO[C@H]1CN(c2nc(-c3cnccn3)c(C(=O)O)s2)CC[C@H]1NC(=O)c1[nH]c(C)c(Cl)c1Cl. The van der Waals surface area contributed by atoms with Crippen molar-refractivity contribution in [2.45, 2.75) is 25.5 Å². The largest absolute Gasteiger partial charge is 0.477 e. The van der Waals surface area contributed by atoms with E-state index in [0.717, 1.165) is 11.3 Å². The summed E-state index contributed by atoms with van der Waals surface area (Å²) in [4.78, 5) is 42.4. The maximum Gasteiger partial charge on any atom is 0.348 e. The second kappa shape index (κ2) is 10.7. The number of anilines is 1. The summed E-state index contributed by atoms with van der Waals surface area (Å²) in [6.07, 6.45) is 6.21. The topological polar surface area (TPSA) is 133 Å². The van der Waals surface area contributed by atoms with E-state index in [2.05, 4.69) is 31.8 Å². The Kier molecular flexibility index (Phi) is 7.70. The average molecular weight is 537 g/mol. The Morgan fingerprint density at radius 2 is 2.20 bits per heavy atom. The van der Waals surface area contributed by atoms with Crippen molar-refractivity contribution in [2.75, 3.05) is 24.6 Å². The summed E-state index contributed by atoms with van der Waals surface area (Å²) in [6, 6.07) is -0.324. The van der Waals surface area contributed by atoms with Gasteiger partial charge in [-0.25, -0.2) is 9.78 Å². The van der Waals surface area contributed by atoms with E-state index in [1.165, 1.54) is 18.6 Å². The Morgan fingerprint density at radius 3 is 2.83 bits per heavy atom. The minimum absolute atomic E-state index is 0.0770. The molecule has 10 nitrogen and oxygen atoms in total. The van der Waals surface area contributed by atoms with Gasteiger partial charge in [0, 0.05) is 31.2 Å². The zero-order valence-electron chi connectivity index (χ0n) is 18.6. The van der Waals surface area contributed by atoms with Crippen LogP contribution in [0.2, 0.25) is 10.0 Å². The van der Waals surface area contributed by atoms with Crippen LogP contribution in [0, 0.1) is 6.92 Å². The van der Waals surface area contributed by atoms with Crippen molar-refractivity contribution < 1.29 is 19.4 Å². The molecule has 0 aliphatic carbocycles. The number of amides is 1. The molecule has 3 N–H and O–H groups in total. The number of nitrogens with one attached hydrogen (secondary N) is 2. The number of thiazole rings is 1. The number of aryl methyl sites for hydroxylation is 1. The van der Waals surface area contributed by atoms with Gasteiger partial charge in [-0.2, -0.15) is 0 Å². The lowest BCUT2D eigenvalue weighted by Crippen LogP contribution is -2.55. The summed E-state index contributed by atoms with van der Waals surface area (Å²) in [5.74, 6) is -1.48. The molecule has 1 fully saturated rings. The molecule has 13 heteroatoms. The summed E-state index contributed by atoms with van der Waals surface area (Å²) < 4.78 is 5.96. The van der Waals surface area contributed by atoms with Gasteiger partial charge >= 0.3 is 5.97 Å². The zero-order valence-corrected chi connectivity index (χ0v) is 21.0. The molecular formula is C22H22Cl2N6O4S. The standard InChI is InChI=1S/C22H22Cl2N6O4S/c1-3-8-34-14-10-30(7-4-12(14)28-20(31)18-16(24)15(23)11(2)27-18)22-29-17(19(35-22)21(32)33)13-9-25-5-6-26-13/h3,5-6,9,12,14,27H,1,4,7-8,10H2,2H3,(H,28,31)(H,32,33)/t12-,14+/m1/s1. The van der Waals surface area contributed by atoms with Gasteiger partial charge in [0.2, 0.25) is 0 Å². The molecule has 0 saturated carbocycles. The first kappa shape index (κ1) is 25.1. The van der Waals surface area contributed by atoms with Crippen molar-refractivity contribution in [2.24, 2.45) is 0 Å². The average Bonchev–Trinajstić information content (AvgIpc) is 3.42. The summed E-state index contributed by atoms with van der Waals surface area (Å²) in [6.45, 7) is 6.60. The number of aromatic amines is 1. The van der Waals surface area contributed by atoms with Gasteiger partial charge in [0.15, 0.2) is 5.13 Å². The third-order valence-electron chi connectivity index (χ3n) is 5.47. The highest BCUT2D eigenvalue weighted by atomic mass is 35.5. The number of aromatic nitrogens is 4. The van der Waals surface area contributed by atoms with E-state index in [4.69, 9.17) is 27.9 Å². The van der Waals surface area contributed by atoms with Gasteiger partial charge in [-0.15, -0.1) is 6.58 Å². The third-order valence-corrected chi connectivity index (χ3v) is 7.52. The van der Waals surface area contributed by atoms with Crippen LogP contribution in [0.5, 0.6) is 0 Å². The molecule has 1 amide bonds. The van der Waals surface area contributed by atoms with Crippen LogP contribution in [0.1, 0.15) is 32.3 Å². The number of hydrogen-bond donors (Lipinski definition) is 3. The van der Waals surface area contributed by atoms with Crippen LogP contribution in [-0.2, 0) is 4.74 Å². The van der Waals surface area contributed by atoms with Crippen LogP contribution in [0.4, 0.5) is 5.13 Å². The van der Waals surface area contributed by atoms with Gasteiger partial charge in [0.05, 0.1) is 35.0 Å². The molecule has 3 aromatic heterocycles. The summed E-state index contributed by atoms with van der Waals surface area (Å²) in [7, 11) is 0. The number of H-pyrrole nitrogens is 1. The van der Waals surface area contributed by atoms with Crippen LogP contribution in [0.25, 0.3) is 11.4 Å². The van der Waals surface area contributed by atoms with E-state index in [1.54, 1.807) is 13.0 Å². The molecule has 0 radical (unpaired) electrons. The number of hydrogen-bond acceptors (Lipinski definition) is 8. The minimum Gasteiger partial charge on any atom is -0.477 e. The highest BCUT2D eigenvalue weighted by Gasteiger charge is 2.34. The first-order valence-electron chi connectivity index (χ1n) is 10.6. The van der Waals surface area contributed by atoms with Gasteiger partial charge in [-0.1, -0.05) is 40.6 Å². The lowest BCUT2D eigenvalue weighted by Gasteiger charge is -2.38. The van der Waals surface area contributed by atoms with E-state index in [-0.39, 0.29) is 39.8 Å². The molecule has 184 valence electrons. The van der Waals surface area contributed by atoms with Gasteiger partial charge < -0.3 is 25.0 Å². The lowest BCUT2D eigenvalue weighted by molar-refractivity contribution is 0.0355. The van der Waals surface area contributed by atoms with Crippen molar-refractivity contribution in [3.8, 4) is 11.4 Å². The third kappa shape index (κ3) is 5.32. The molecule has 4 heterocycles. The van der Waals surface area contributed by atoms with Crippen molar-refractivity contribution in [3.63, 3.8) is 0 Å². The van der Waals surface area contributed by atoms with E-state index in [1.807, 2.05) is 4.90 Å². The van der Waals surface area contributed by atoms with E-state index in [0.29, 0.717) is 41.1 Å². The lowest BCUT2D eigenvalue weighted by atomic mass is 10.0. The highest BCUT2D eigenvalue weighted by molar-refractivity contribution is 7.17. The quantitative estimate of drug-likeness (QED) is 0.370. The number of rotatable bonds is 8. The van der Waals surface area contributed by atoms with Crippen LogP contribution < -0.4 is 10.2 Å². The molecule has 1 saturated heterocycles. The zero-order chi connectivity index (χ0) is 25.1. The van der Waals surface area contributed by atoms with E-state index < -0.39 is 12.1 Å². The molecule has 4 rings (SSSR count). The molecule has 1 aliphatic heterocycles. The van der Waals surface area contributed by atoms with Gasteiger partial charge in [-0.05, 0) is 13.3 Å². The number of piperidine rings is 1. The van der Waals surface area contributed by atoms with Gasteiger partial charge in [0.1, 0.15) is 22.0 Å². The molecule has 0 spiro atoms. The summed E-state index contributed by atoms with van der Waals surface area (Å²) in [5, 5.41) is 13.7. The molecule has 0 bridgehead atoms. The predicted molar refractivity (Wildman–Crippen MR) is 134 cm³/mol. The number of carbonyl (C=O) groups is 2. The molecule has 0 unspecified atom stereocenters. The minimum atomic E-state index is -1.09. The summed E-state index contributed by atoms with van der Waals surface area (Å²) >= 11 is 13.4. The molecule has 35 heavy (non-hydrogen) atoms. The van der Waals surface area contributed by atoms with Crippen LogP contribution in [-0.4, -0.2) is 68.8 Å². The van der Waals surface area contributed by atoms with Crippen molar-refractivity contribution >= 4 is 51.5 Å². The maximum atomic E-state index is 12.9. The van der Waals surface area contributed by atoms with E-state index >= 15 is 0 Å². The second-order valence-electron chi connectivity index (χ2n) is 7.80. The number of nitrogens with zero attached hydrogens (tertiary/aromatic N) is 4. The van der Waals surface area contributed by atoms with Crippen molar-refractivity contribution in [1.29, 1.82) is 0 Å². The van der Waals surface area contributed by atoms with Crippen LogP contribution in [0.3, 0.4) is 0 Å².